The number of carbonyl (C=O) groups is 2. The van der Waals surface area contributed by atoms with Gasteiger partial charge in [-0.3, -0.25) is 14.5 Å². The highest BCUT2D eigenvalue weighted by atomic mass is 16.5. The smallest absolute Gasteiger partial charge is 0.290 e. The van der Waals surface area contributed by atoms with Crippen LogP contribution in [-0.4, -0.2) is 82.1 Å². The van der Waals surface area contributed by atoms with Crippen LogP contribution in [0.3, 0.4) is 0 Å². The van der Waals surface area contributed by atoms with E-state index >= 15 is 0 Å². The molecule has 8 nitrogen and oxygen atoms in total. The number of fused-ring (bicyclic) bond motifs is 3. The number of carbonyl (C=O) groups excluding carboxylic acids is 2. The lowest BCUT2D eigenvalue weighted by Gasteiger charge is -2.44. The van der Waals surface area contributed by atoms with Crippen LogP contribution in [0.4, 0.5) is 0 Å². The van der Waals surface area contributed by atoms with Crippen molar-refractivity contribution in [3.8, 4) is 0 Å². The highest BCUT2D eigenvalue weighted by Gasteiger charge is 2.48. The van der Waals surface area contributed by atoms with Crippen LogP contribution in [0.15, 0.2) is 24.3 Å². The number of amides is 2. The molecule has 1 saturated carbocycles. The minimum atomic E-state index is -0.954. The second kappa shape index (κ2) is 10.0. The number of rotatable bonds is 6. The van der Waals surface area contributed by atoms with Crippen LogP contribution in [-0.2, 0) is 16.1 Å². The van der Waals surface area contributed by atoms with Crippen LogP contribution in [0.1, 0.15) is 62.5 Å². The third kappa shape index (κ3) is 4.58. The molecule has 1 aromatic carbocycles. The summed E-state index contributed by atoms with van der Waals surface area (Å²) in [6, 6.07) is 8.00. The zero-order valence-corrected chi connectivity index (χ0v) is 20.3. The van der Waals surface area contributed by atoms with E-state index in [0.29, 0.717) is 18.9 Å². The molecule has 2 aliphatic heterocycles. The zero-order valence-electron chi connectivity index (χ0n) is 20.3. The predicted octanol–water partition coefficient (Wildman–Crippen LogP) is 2.81. The molecule has 5 rings (SSSR count). The Morgan fingerprint density at radius 3 is 2.62 bits per heavy atom. The molecule has 1 aliphatic carbocycles. The van der Waals surface area contributed by atoms with Gasteiger partial charge in [-0.25, -0.2) is 4.98 Å². The van der Waals surface area contributed by atoms with Crippen LogP contribution in [0.25, 0.3) is 11.0 Å². The molecule has 1 aromatic heterocycles. The van der Waals surface area contributed by atoms with Crippen LogP contribution < -0.4 is 5.32 Å². The summed E-state index contributed by atoms with van der Waals surface area (Å²) in [5.74, 6) is 0.248. The monoisotopic (exact) mass is 467 g/mol. The van der Waals surface area contributed by atoms with Crippen LogP contribution >= 0.6 is 0 Å². The summed E-state index contributed by atoms with van der Waals surface area (Å²) >= 11 is 0. The Hall–Kier alpha value is -2.45. The van der Waals surface area contributed by atoms with Crippen molar-refractivity contribution in [3.63, 3.8) is 0 Å². The van der Waals surface area contributed by atoms with E-state index in [1.54, 1.807) is 4.90 Å². The maximum atomic E-state index is 13.8. The maximum Gasteiger partial charge on any atom is 0.290 e. The number of para-hydroxylation sites is 2. The molecule has 1 N–H and O–H groups in total. The van der Waals surface area contributed by atoms with Crippen LogP contribution in [0, 0.1) is 0 Å². The fourth-order valence-electron chi connectivity index (χ4n) is 5.72. The molecule has 0 bridgehead atoms. The Morgan fingerprint density at radius 1 is 1.12 bits per heavy atom. The molecule has 1 unspecified atom stereocenters. The van der Waals surface area contributed by atoms with Crippen molar-refractivity contribution in [1.82, 2.24) is 24.7 Å². The molecular weight excluding hydrogens is 430 g/mol. The zero-order chi connectivity index (χ0) is 23.5. The first-order chi connectivity index (χ1) is 16.6. The number of hydrogen-bond acceptors (Lipinski definition) is 5. The van der Waals surface area contributed by atoms with Crippen molar-refractivity contribution in [2.75, 3.05) is 39.4 Å². The van der Waals surface area contributed by atoms with Crippen molar-refractivity contribution in [3.05, 3.63) is 30.1 Å². The number of hydrogen-bond donors (Lipinski definition) is 1. The van der Waals surface area contributed by atoms with E-state index in [2.05, 4.69) is 15.2 Å². The number of imidazole rings is 1. The highest BCUT2D eigenvalue weighted by Crippen LogP contribution is 2.31. The third-order valence-electron chi connectivity index (χ3n) is 7.79. The van der Waals surface area contributed by atoms with Crippen LogP contribution in [0.2, 0.25) is 0 Å². The third-order valence-corrected chi connectivity index (χ3v) is 7.79. The lowest BCUT2D eigenvalue weighted by molar-refractivity contribution is -0.133. The average molecular weight is 468 g/mol. The summed E-state index contributed by atoms with van der Waals surface area (Å²) in [5, 5.41) is 3.34. The number of ether oxygens (including phenoxy) is 1. The van der Waals surface area contributed by atoms with Gasteiger partial charge in [-0.15, -0.1) is 0 Å². The minimum absolute atomic E-state index is 0.0393. The predicted molar refractivity (Wildman–Crippen MR) is 131 cm³/mol. The highest BCUT2D eigenvalue weighted by molar-refractivity contribution is 6.01. The molecule has 1 atom stereocenters. The van der Waals surface area contributed by atoms with E-state index in [0.717, 1.165) is 76.0 Å². The second-order valence-corrected chi connectivity index (χ2v) is 10.2. The Labute approximate surface area is 201 Å². The first-order valence-electron chi connectivity index (χ1n) is 12.9. The number of benzene rings is 1. The van der Waals surface area contributed by atoms with E-state index in [-0.39, 0.29) is 17.9 Å². The molecule has 2 amide bonds. The summed E-state index contributed by atoms with van der Waals surface area (Å²) in [5.41, 5.74) is 0.755. The molecule has 184 valence electrons. The fraction of sp³-hybridized carbons (Fsp3) is 0.654. The molecule has 8 heteroatoms. The summed E-state index contributed by atoms with van der Waals surface area (Å²) in [7, 11) is 0. The van der Waals surface area contributed by atoms with Gasteiger partial charge in [0, 0.05) is 32.2 Å². The van der Waals surface area contributed by atoms with E-state index in [9.17, 15) is 9.59 Å². The molecule has 3 heterocycles. The standard InChI is InChI=1S/C26H37N5O3/c1-26(25(33)27-20-9-4-2-3-5-10-20)19-30-22-12-7-6-11-21(22)28-23(30)24(32)31(26)14-8-13-29-15-17-34-18-16-29/h6-7,11-12,20H,2-5,8-10,13-19H2,1H3,(H,27,33). The van der Waals surface area contributed by atoms with Gasteiger partial charge in [0.1, 0.15) is 5.54 Å². The lowest BCUT2D eigenvalue weighted by Crippen LogP contribution is -2.65. The van der Waals surface area contributed by atoms with Gasteiger partial charge in [-0.2, -0.15) is 0 Å². The van der Waals surface area contributed by atoms with Gasteiger partial charge >= 0.3 is 0 Å². The first-order valence-corrected chi connectivity index (χ1v) is 12.9. The van der Waals surface area contributed by atoms with Crippen LogP contribution in [0.5, 0.6) is 0 Å². The van der Waals surface area contributed by atoms with Crippen molar-refractivity contribution in [2.45, 2.75) is 70.0 Å². The summed E-state index contributed by atoms with van der Waals surface area (Å²) in [6.45, 7) is 7.14. The summed E-state index contributed by atoms with van der Waals surface area (Å²) in [4.78, 5) is 36.4. The topological polar surface area (TPSA) is 79.7 Å². The normalized spacial score (nSPS) is 24.7. The molecule has 2 fully saturated rings. The lowest BCUT2D eigenvalue weighted by atomic mass is 9.93. The molecule has 3 aliphatic rings. The summed E-state index contributed by atoms with van der Waals surface area (Å²) in [6.07, 6.45) is 7.64. The molecule has 1 saturated heterocycles. The molecule has 34 heavy (non-hydrogen) atoms. The van der Waals surface area contributed by atoms with E-state index in [1.165, 1.54) is 12.8 Å². The first kappa shape index (κ1) is 23.3. The molecule has 0 radical (unpaired) electrons. The van der Waals surface area contributed by atoms with Gasteiger partial charge in [0.15, 0.2) is 5.82 Å². The van der Waals surface area contributed by atoms with Gasteiger partial charge in [-0.1, -0.05) is 37.8 Å². The minimum Gasteiger partial charge on any atom is -0.379 e. The Balaban J connectivity index is 1.40. The Bertz CT molecular complexity index is 1020. The van der Waals surface area contributed by atoms with E-state index in [1.807, 2.05) is 35.8 Å². The van der Waals surface area contributed by atoms with Gasteiger partial charge in [0.05, 0.1) is 30.8 Å². The fourth-order valence-corrected chi connectivity index (χ4v) is 5.72. The largest absolute Gasteiger partial charge is 0.379 e. The van der Waals surface area contributed by atoms with Crippen molar-refractivity contribution >= 4 is 22.8 Å². The van der Waals surface area contributed by atoms with E-state index < -0.39 is 5.54 Å². The average Bonchev–Trinajstić information content (AvgIpc) is 3.02. The Morgan fingerprint density at radius 2 is 1.85 bits per heavy atom. The number of aromatic nitrogens is 2. The van der Waals surface area contributed by atoms with Crippen molar-refractivity contribution in [1.29, 1.82) is 0 Å². The summed E-state index contributed by atoms with van der Waals surface area (Å²) < 4.78 is 7.40. The van der Waals surface area contributed by atoms with E-state index in [4.69, 9.17) is 4.74 Å². The molecule has 2 aromatic rings. The number of morpholine rings is 1. The van der Waals surface area contributed by atoms with Gasteiger partial charge in [0.25, 0.3) is 5.91 Å². The van der Waals surface area contributed by atoms with Gasteiger partial charge in [-0.05, 0) is 38.3 Å². The Kier molecular flexibility index (Phi) is 6.88. The van der Waals surface area contributed by atoms with Gasteiger partial charge in [0.2, 0.25) is 5.91 Å². The second-order valence-electron chi connectivity index (χ2n) is 10.2. The maximum absolute atomic E-state index is 13.8. The van der Waals surface area contributed by atoms with Crippen molar-refractivity contribution < 1.29 is 14.3 Å². The number of nitrogens with zero attached hydrogens (tertiary/aromatic N) is 4. The molecule has 0 spiro atoms. The van der Waals surface area contributed by atoms with Crippen molar-refractivity contribution in [2.24, 2.45) is 0 Å². The quantitative estimate of drug-likeness (QED) is 0.661. The van der Waals surface area contributed by atoms with Gasteiger partial charge < -0.3 is 19.5 Å². The SMILES string of the molecule is CC1(C(=O)NC2CCCCCC2)Cn2c(nc3ccccc32)C(=O)N1CCCN1CCOCC1. The number of nitrogens with one attached hydrogen (secondary N) is 1. The molecular formula is C26H37N5O3.